The highest BCUT2D eigenvalue weighted by atomic mass is 79.9. The molecule has 0 saturated carbocycles. The molecule has 0 fully saturated rings. The van der Waals surface area contributed by atoms with Crippen LogP contribution in [0.3, 0.4) is 0 Å². The van der Waals surface area contributed by atoms with Gasteiger partial charge in [-0.3, -0.25) is 4.79 Å². The van der Waals surface area contributed by atoms with Gasteiger partial charge in [0, 0.05) is 6.54 Å². The van der Waals surface area contributed by atoms with Crippen LogP contribution in [0.15, 0.2) is 40.9 Å². The molecule has 0 spiro atoms. The van der Waals surface area contributed by atoms with Gasteiger partial charge in [0.2, 0.25) is 6.79 Å². The minimum atomic E-state index is -0.569. The number of rotatable bonds is 3. The molecule has 0 aromatic heterocycles. The smallest absolute Gasteiger partial charge is 0.254 e. The molecule has 21 heavy (non-hydrogen) atoms. The molecule has 0 unspecified atom stereocenters. The zero-order valence-corrected chi connectivity index (χ0v) is 12.4. The van der Waals surface area contributed by atoms with Crippen molar-refractivity contribution in [3.8, 4) is 11.5 Å². The fourth-order valence-corrected chi connectivity index (χ4v) is 2.37. The SMILES string of the molecule is O=C(NCc1ccc2c(c1)OCO2)c1cccc(Br)c1F. The fourth-order valence-electron chi connectivity index (χ4n) is 2.01. The van der Waals surface area contributed by atoms with Crippen molar-refractivity contribution >= 4 is 21.8 Å². The van der Waals surface area contributed by atoms with Crippen LogP contribution in [0, 0.1) is 5.82 Å². The van der Waals surface area contributed by atoms with Gasteiger partial charge < -0.3 is 14.8 Å². The second-order valence-electron chi connectivity index (χ2n) is 4.47. The quantitative estimate of drug-likeness (QED) is 0.923. The van der Waals surface area contributed by atoms with Crippen LogP contribution in [0.2, 0.25) is 0 Å². The van der Waals surface area contributed by atoms with Crippen LogP contribution in [-0.2, 0) is 6.54 Å². The van der Waals surface area contributed by atoms with Gasteiger partial charge in [0.25, 0.3) is 5.91 Å². The molecule has 2 aromatic rings. The number of hydrogen-bond acceptors (Lipinski definition) is 3. The van der Waals surface area contributed by atoms with Gasteiger partial charge in [-0.15, -0.1) is 0 Å². The predicted octanol–water partition coefficient (Wildman–Crippen LogP) is 3.25. The summed E-state index contributed by atoms with van der Waals surface area (Å²) in [6, 6.07) is 10.00. The number of carbonyl (C=O) groups excluding carboxylic acids is 1. The maximum absolute atomic E-state index is 13.8. The lowest BCUT2D eigenvalue weighted by Crippen LogP contribution is -2.23. The van der Waals surface area contributed by atoms with Crippen LogP contribution in [0.1, 0.15) is 15.9 Å². The highest BCUT2D eigenvalue weighted by Crippen LogP contribution is 2.32. The Bertz CT molecular complexity index is 705. The summed E-state index contributed by atoms with van der Waals surface area (Å²) in [5, 5.41) is 2.68. The van der Waals surface area contributed by atoms with Crippen LogP contribution in [0.5, 0.6) is 11.5 Å². The second-order valence-corrected chi connectivity index (χ2v) is 5.33. The van der Waals surface area contributed by atoms with Gasteiger partial charge in [0.15, 0.2) is 11.5 Å². The summed E-state index contributed by atoms with van der Waals surface area (Å²) in [6.07, 6.45) is 0. The molecular weight excluding hydrogens is 341 g/mol. The Kier molecular flexibility index (Phi) is 3.79. The molecule has 0 atom stereocenters. The van der Waals surface area contributed by atoms with Gasteiger partial charge in [-0.05, 0) is 45.8 Å². The van der Waals surface area contributed by atoms with Crippen molar-refractivity contribution in [1.82, 2.24) is 5.32 Å². The highest BCUT2D eigenvalue weighted by molar-refractivity contribution is 9.10. The number of hydrogen-bond donors (Lipinski definition) is 1. The van der Waals surface area contributed by atoms with Crippen molar-refractivity contribution in [3.63, 3.8) is 0 Å². The Morgan fingerprint density at radius 1 is 1.24 bits per heavy atom. The number of carbonyl (C=O) groups is 1. The number of fused-ring (bicyclic) bond motifs is 1. The van der Waals surface area contributed by atoms with E-state index < -0.39 is 11.7 Å². The van der Waals surface area contributed by atoms with E-state index in [9.17, 15) is 9.18 Å². The summed E-state index contributed by atoms with van der Waals surface area (Å²) in [6.45, 7) is 0.482. The van der Waals surface area contributed by atoms with Gasteiger partial charge in [0.1, 0.15) is 5.82 Å². The van der Waals surface area contributed by atoms with Crippen molar-refractivity contribution in [1.29, 1.82) is 0 Å². The second kappa shape index (κ2) is 5.73. The van der Waals surface area contributed by atoms with Crippen molar-refractivity contribution < 1.29 is 18.7 Å². The molecule has 3 rings (SSSR count). The molecule has 108 valence electrons. The van der Waals surface area contributed by atoms with E-state index in [4.69, 9.17) is 9.47 Å². The molecule has 4 nitrogen and oxygen atoms in total. The minimum Gasteiger partial charge on any atom is -0.454 e. The van der Waals surface area contributed by atoms with Gasteiger partial charge in [-0.1, -0.05) is 12.1 Å². The average Bonchev–Trinajstić information content (AvgIpc) is 2.95. The van der Waals surface area contributed by atoms with E-state index in [1.165, 1.54) is 6.07 Å². The van der Waals surface area contributed by atoms with Crippen LogP contribution < -0.4 is 14.8 Å². The molecule has 2 aromatic carbocycles. The summed E-state index contributed by atoms with van der Waals surface area (Å²) in [5.74, 6) is 0.297. The van der Waals surface area contributed by atoms with Crippen molar-refractivity contribution in [2.45, 2.75) is 6.54 Å². The largest absolute Gasteiger partial charge is 0.454 e. The van der Waals surface area contributed by atoms with Crippen LogP contribution in [0.4, 0.5) is 4.39 Å². The zero-order valence-electron chi connectivity index (χ0n) is 10.9. The Morgan fingerprint density at radius 2 is 2.05 bits per heavy atom. The molecule has 1 aliphatic rings. The third-order valence-electron chi connectivity index (χ3n) is 3.09. The molecule has 1 amide bonds. The summed E-state index contributed by atoms with van der Waals surface area (Å²) in [4.78, 5) is 12.0. The predicted molar refractivity (Wildman–Crippen MR) is 77.8 cm³/mol. The maximum Gasteiger partial charge on any atom is 0.254 e. The first-order chi connectivity index (χ1) is 10.1. The van der Waals surface area contributed by atoms with Crippen LogP contribution >= 0.6 is 15.9 Å². The van der Waals surface area contributed by atoms with E-state index in [0.717, 1.165) is 5.56 Å². The molecule has 1 N–H and O–H groups in total. The third-order valence-corrected chi connectivity index (χ3v) is 3.70. The normalized spacial score (nSPS) is 12.3. The average molecular weight is 352 g/mol. The van der Waals surface area contributed by atoms with Crippen LogP contribution in [0.25, 0.3) is 0 Å². The Balaban J connectivity index is 1.70. The van der Waals surface area contributed by atoms with Crippen molar-refractivity contribution in [2.75, 3.05) is 6.79 Å². The van der Waals surface area contributed by atoms with Gasteiger partial charge in [-0.2, -0.15) is 0 Å². The summed E-state index contributed by atoms with van der Waals surface area (Å²) in [5.41, 5.74) is 0.855. The van der Waals surface area contributed by atoms with Crippen molar-refractivity contribution in [2.24, 2.45) is 0 Å². The fraction of sp³-hybridized carbons (Fsp3) is 0.133. The minimum absolute atomic E-state index is 0.00474. The van der Waals surface area contributed by atoms with E-state index in [1.54, 1.807) is 24.3 Å². The Hall–Kier alpha value is -2.08. The van der Waals surface area contributed by atoms with Gasteiger partial charge in [0.05, 0.1) is 10.0 Å². The third kappa shape index (κ3) is 2.85. The summed E-state index contributed by atoms with van der Waals surface area (Å²) >= 11 is 3.06. The molecule has 0 saturated heterocycles. The zero-order chi connectivity index (χ0) is 14.8. The molecule has 0 bridgehead atoms. The van der Waals surface area contributed by atoms with E-state index in [-0.39, 0.29) is 23.4 Å². The Labute approximate surface area is 129 Å². The summed E-state index contributed by atoms with van der Waals surface area (Å²) in [7, 11) is 0. The van der Waals surface area contributed by atoms with Gasteiger partial charge in [-0.25, -0.2) is 4.39 Å². The lowest BCUT2D eigenvalue weighted by Gasteiger charge is -2.07. The lowest BCUT2D eigenvalue weighted by atomic mass is 10.1. The highest BCUT2D eigenvalue weighted by Gasteiger charge is 2.15. The van der Waals surface area contributed by atoms with E-state index in [0.29, 0.717) is 11.5 Å². The first-order valence-corrected chi connectivity index (χ1v) is 7.05. The molecule has 1 heterocycles. The number of halogens is 2. The first-order valence-electron chi connectivity index (χ1n) is 6.26. The van der Waals surface area contributed by atoms with Crippen LogP contribution in [-0.4, -0.2) is 12.7 Å². The summed E-state index contributed by atoms with van der Waals surface area (Å²) < 4.78 is 24.6. The number of amides is 1. The molecule has 0 aliphatic carbocycles. The molecular formula is C15H11BrFNO3. The van der Waals surface area contributed by atoms with Gasteiger partial charge >= 0.3 is 0 Å². The van der Waals surface area contributed by atoms with E-state index in [1.807, 2.05) is 6.07 Å². The maximum atomic E-state index is 13.8. The lowest BCUT2D eigenvalue weighted by molar-refractivity contribution is 0.0946. The molecule has 6 heteroatoms. The first kappa shape index (κ1) is 13.9. The van der Waals surface area contributed by atoms with E-state index >= 15 is 0 Å². The number of benzene rings is 2. The molecule has 1 aliphatic heterocycles. The molecule has 0 radical (unpaired) electrons. The topological polar surface area (TPSA) is 47.6 Å². The number of ether oxygens (including phenoxy) is 2. The monoisotopic (exact) mass is 351 g/mol. The van der Waals surface area contributed by atoms with E-state index in [2.05, 4.69) is 21.2 Å². The standard InChI is InChI=1S/C15H11BrFNO3/c16-11-3-1-2-10(14(11)17)15(19)18-7-9-4-5-12-13(6-9)21-8-20-12/h1-6H,7-8H2,(H,18,19). The number of nitrogens with one attached hydrogen (secondary N) is 1. The Morgan fingerprint density at radius 3 is 2.90 bits per heavy atom. The van der Waals surface area contributed by atoms with Crippen molar-refractivity contribution in [3.05, 3.63) is 57.8 Å².